The monoisotopic (exact) mass is 295 g/mol. The molecule has 2 N–H and O–H groups in total. The van der Waals surface area contributed by atoms with Crippen molar-refractivity contribution in [1.29, 1.82) is 0 Å². The van der Waals surface area contributed by atoms with E-state index in [0.717, 1.165) is 0 Å². The Balaban J connectivity index is 3.31. The molecule has 1 rings (SSSR count). The van der Waals surface area contributed by atoms with Crippen molar-refractivity contribution in [3.05, 3.63) is 33.9 Å². The number of nitrogens with zero attached hydrogens (tertiary/aromatic N) is 2. The number of likely N-dealkylation sites (N-methyl/N-ethyl adjacent to an activating group) is 2. The molecule has 0 spiro atoms. The second kappa shape index (κ2) is 7.22. The highest BCUT2D eigenvalue weighted by Gasteiger charge is 2.26. The van der Waals surface area contributed by atoms with Gasteiger partial charge in [0.2, 0.25) is 5.91 Å². The van der Waals surface area contributed by atoms with E-state index < -0.39 is 10.9 Å². The number of carbonyl (C=O) groups excluding carboxylic acids is 1. The average molecular weight is 295 g/mol. The van der Waals surface area contributed by atoms with Crippen LogP contribution in [0.4, 0.5) is 11.4 Å². The lowest BCUT2D eigenvalue weighted by Gasteiger charge is -2.23. The molecule has 0 saturated carbocycles. The number of rotatable bonds is 7. The normalized spacial score (nSPS) is 10.0. The molecule has 0 fully saturated rings. The molecule has 1 amide bonds. The summed E-state index contributed by atoms with van der Waals surface area (Å²) in [6.07, 6.45) is 0. The lowest BCUT2D eigenvalue weighted by molar-refractivity contribution is -0.384. The Morgan fingerprint density at radius 1 is 1.38 bits per heavy atom. The van der Waals surface area contributed by atoms with Crippen LogP contribution < -0.4 is 10.2 Å². The summed E-state index contributed by atoms with van der Waals surface area (Å²) in [4.78, 5) is 34.8. The van der Waals surface area contributed by atoms with Gasteiger partial charge in [0.05, 0.1) is 17.0 Å². The molecule has 0 saturated heterocycles. The van der Waals surface area contributed by atoms with Crippen molar-refractivity contribution in [2.75, 3.05) is 24.5 Å². The molecule has 0 radical (unpaired) electrons. The predicted octanol–water partition coefficient (Wildman–Crippen LogP) is 1.26. The average Bonchev–Trinajstić information content (AvgIpc) is 2.44. The van der Waals surface area contributed by atoms with E-state index >= 15 is 0 Å². The number of carbonyl (C=O) groups is 2. The van der Waals surface area contributed by atoms with Crippen molar-refractivity contribution in [1.82, 2.24) is 5.32 Å². The number of anilines is 1. The van der Waals surface area contributed by atoms with Crippen molar-refractivity contribution < 1.29 is 19.6 Å². The predicted molar refractivity (Wildman–Crippen MR) is 76.6 cm³/mol. The molecular weight excluding hydrogens is 278 g/mol. The molecule has 0 aromatic heterocycles. The fourth-order valence-corrected chi connectivity index (χ4v) is 1.96. The van der Waals surface area contributed by atoms with Crippen LogP contribution in [0.25, 0.3) is 0 Å². The van der Waals surface area contributed by atoms with Gasteiger partial charge in [0.1, 0.15) is 5.69 Å². The number of benzene rings is 1. The van der Waals surface area contributed by atoms with E-state index in [4.69, 9.17) is 0 Å². The summed E-state index contributed by atoms with van der Waals surface area (Å²) in [6, 6.07) is 3.82. The maximum Gasteiger partial charge on any atom is 0.338 e. The summed E-state index contributed by atoms with van der Waals surface area (Å²) in [5, 5.41) is 22.9. The Hall–Kier alpha value is -2.64. The topological polar surface area (TPSA) is 113 Å². The molecule has 0 unspecified atom stereocenters. The second-order valence-electron chi connectivity index (χ2n) is 4.20. The Morgan fingerprint density at radius 3 is 2.52 bits per heavy atom. The summed E-state index contributed by atoms with van der Waals surface area (Å²) in [5.41, 5.74) is -0.583. The Bertz CT molecular complexity index is 526. The summed E-state index contributed by atoms with van der Waals surface area (Å²) in [5.74, 6) is -1.60. The molecule has 0 aliphatic heterocycles. The van der Waals surface area contributed by atoms with Gasteiger partial charge in [-0.15, -0.1) is 0 Å². The van der Waals surface area contributed by atoms with Gasteiger partial charge in [0.25, 0.3) is 5.69 Å². The van der Waals surface area contributed by atoms with Crippen LogP contribution in [-0.2, 0) is 4.79 Å². The van der Waals surface area contributed by atoms with Gasteiger partial charge in [-0.05, 0) is 19.9 Å². The molecule has 0 heterocycles. The van der Waals surface area contributed by atoms with Crippen LogP contribution in [0.3, 0.4) is 0 Å². The smallest absolute Gasteiger partial charge is 0.338 e. The second-order valence-corrected chi connectivity index (χ2v) is 4.20. The number of nitro groups is 1. The van der Waals surface area contributed by atoms with Crippen LogP contribution in [0.1, 0.15) is 24.2 Å². The van der Waals surface area contributed by atoms with E-state index in [9.17, 15) is 24.8 Å². The summed E-state index contributed by atoms with van der Waals surface area (Å²) < 4.78 is 0. The van der Waals surface area contributed by atoms with Gasteiger partial charge < -0.3 is 15.3 Å². The number of nitrogens with one attached hydrogen (secondary N) is 1. The Kier molecular flexibility index (Phi) is 5.65. The molecule has 0 aliphatic rings. The zero-order valence-electron chi connectivity index (χ0n) is 11.8. The first-order valence-corrected chi connectivity index (χ1v) is 6.44. The fourth-order valence-electron chi connectivity index (χ4n) is 1.96. The van der Waals surface area contributed by atoms with Crippen LogP contribution in [-0.4, -0.2) is 41.5 Å². The van der Waals surface area contributed by atoms with Crippen LogP contribution >= 0.6 is 0 Å². The Morgan fingerprint density at radius 2 is 2.05 bits per heavy atom. The molecule has 1 aromatic rings. The van der Waals surface area contributed by atoms with Gasteiger partial charge in [-0.25, -0.2) is 4.79 Å². The fraction of sp³-hybridized carbons (Fsp3) is 0.385. The molecule has 8 heteroatoms. The summed E-state index contributed by atoms with van der Waals surface area (Å²) >= 11 is 0. The van der Waals surface area contributed by atoms with Crippen molar-refractivity contribution in [3.63, 3.8) is 0 Å². The SMILES string of the molecule is CCNC(=O)CN(CC)c1c(C(=O)O)cccc1[N+](=O)[O-]. The van der Waals surface area contributed by atoms with E-state index in [0.29, 0.717) is 6.54 Å². The molecule has 0 atom stereocenters. The quantitative estimate of drug-likeness (QED) is 0.578. The third kappa shape index (κ3) is 3.91. The number of nitro benzene ring substituents is 1. The number of carboxylic acid groups (broad SMARTS) is 1. The molecule has 1 aromatic carbocycles. The standard InChI is InChI=1S/C13H17N3O5/c1-3-14-11(17)8-15(4-2)12-9(13(18)19)6-5-7-10(12)16(20)21/h5-7H,3-4,8H2,1-2H3,(H,14,17)(H,18,19). The lowest BCUT2D eigenvalue weighted by atomic mass is 10.1. The minimum Gasteiger partial charge on any atom is -0.478 e. The van der Waals surface area contributed by atoms with Crippen LogP contribution in [0.15, 0.2) is 18.2 Å². The third-order valence-corrected chi connectivity index (χ3v) is 2.85. The number of hydrogen-bond acceptors (Lipinski definition) is 5. The van der Waals surface area contributed by atoms with Gasteiger partial charge in [-0.3, -0.25) is 14.9 Å². The van der Waals surface area contributed by atoms with E-state index in [1.54, 1.807) is 13.8 Å². The number of para-hydroxylation sites is 1. The highest BCUT2D eigenvalue weighted by atomic mass is 16.6. The third-order valence-electron chi connectivity index (χ3n) is 2.85. The van der Waals surface area contributed by atoms with Gasteiger partial charge in [-0.1, -0.05) is 6.07 Å². The molecule has 114 valence electrons. The molecule has 0 bridgehead atoms. The number of aromatic carboxylic acids is 1. The minimum atomic E-state index is -1.27. The molecule has 21 heavy (non-hydrogen) atoms. The highest BCUT2D eigenvalue weighted by molar-refractivity contribution is 5.98. The molecule has 8 nitrogen and oxygen atoms in total. The number of hydrogen-bond donors (Lipinski definition) is 2. The largest absolute Gasteiger partial charge is 0.478 e. The zero-order valence-corrected chi connectivity index (χ0v) is 11.8. The van der Waals surface area contributed by atoms with Crippen molar-refractivity contribution in [3.8, 4) is 0 Å². The first kappa shape index (κ1) is 16.4. The van der Waals surface area contributed by atoms with Gasteiger partial charge in [0, 0.05) is 19.2 Å². The first-order valence-electron chi connectivity index (χ1n) is 6.44. The minimum absolute atomic E-state index is 0.0521. The number of carboxylic acids is 1. The van der Waals surface area contributed by atoms with E-state index in [2.05, 4.69) is 5.32 Å². The molecule has 0 aliphatic carbocycles. The number of amides is 1. The van der Waals surface area contributed by atoms with E-state index in [-0.39, 0.29) is 35.9 Å². The zero-order chi connectivity index (χ0) is 16.0. The molecular formula is C13H17N3O5. The summed E-state index contributed by atoms with van der Waals surface area (Å²) in [7, 11) is 0. The first-order chi connectivity index (χ1) is 9.92. The van der Waals surface area contributed by atoms with Gasteiger partial charge in [-0.2, -0.15) is 0 Å². The van der Waals surface area contributed by atoms with Crippen LogP contribution in [0.5, 0.6) is 0 Å². The van der Waals surface area contributed by atoms with Gasteiger partial charge in [0.15, 0.2) is 0 Å². The van der Waals surface area contributed by atoms with Crippen LogP contribution in [0.2, 0.25) is 0 Å². The van der Waals surface area contributed by atoms with Crippen molar-refractivity contribution in [2.45, 2.75) is 13.8 Å². The van der Waals surface area contributed by atoms with Crippen molar-refractivity contribution in [2.24, 2.45) is 0 Å². The summed E-state index contributed by atoms with van der Waals surface area (Å²) in [6.45, 7) is 4.00. The van der Waals surface area contributed by atoms with E-state index in [1.165, 1.54) is 23.1 Å². The van der Waals surface area contributed by atoms with Crippen molar-refractivity contribution >= 4 is 23.3 Å². The van der Waals surface area contributed by atoms with Gasteiger partial charge >= 0.3 is 5.97 Å². The Labute approximate surface area is 121 Å². The van der Waals surface area contributed by atoms with Crippen LogP contribution in [0, 0.1) is 10.1 Å². The van der Waals surface area contributed by atoms with E-state index in [1.807, 2.05) is 0 Å². The maximum absolute atomic E-state index is 11.7. The maximum atomic E-state index is 11.7. The highest BCUT2D eigenvalue weighted by Crippen LogP contribution is 2.31. The lowest BCUT2D eigenvalue weighted by Crippen LogP contribution is -2.38.